The first kappa shape index (κ1) is 13.1. The molecule has 2 N–H and O–H groups in total. The van der Waals surface area contributed by atoms with Crippen molar-refractivity contribution in [1.82, 2.24) is 15.2 Å². The van der Waals surface area contributed by atoms with Gasteiger partial charge in [0.2, 0.25) is 0 Å². The molecule has 2 heterocycles. The maximum absolute atomic E-state index is 12.2. The number of carbonyl (C=O) groups excluding carboxylic acids is 1. The lowest BCUT2D eigenvalue weighted by Gasteiger charge is -2.05. The van der Waals surface area contributed by atoms with Crippen LogP contribution >= 0.6 is 0 Å². The number of hydrogen-bond acceptors (Lipinski definition) is 4. The fourth-order valence-corrected chi connectivity index (χ4v) is 2.11. The van der Waals surface area contributed by atoms with Crippen LogP contribution in [-0.2, 0) is 0 Å². The smallest absolute Gasteiger partial charge is 0.259 e. The van der Waals surface area contributed by atoms with Gasteiger partial charge in [0.1, 0.15) is 17.8 Å². The Kier molecular flexibility index (Phi) is 3.27. The Morgan fingerprint density at radius 1 is 1.24 bits per heavy atom. The average Bonchev–Trinajstić information content (AvgIpc) is 3.09. The van der Waals surface area contributed by atoms with E-state index in [-0.39, 0.29) is 5.91 Å². The number of aromatic nitrogens is 3. The highest BCUT2D eigenvalue weighted by Gasteiger charge is 2.13. The minimum atomic E-state index is -0.184. The standard InChI is InChI=1S/C15H14N4O2/c1-9-7-13(10(2)21-9)15(20)18-12-5-3-11(4-6-12)14-16-8-17-19-14/h3-8H,1-2H3,(H,18,20)(H,16,17,19). The van der Waals surface area contributed by atoms with Crippen LogP contribution in [0, 0.1) is 13.8 Å². The number of carbonyl (C=O) groups is 1. The molecular weight excluding hydrogens is 268 g/mol. The zero-order valence-electron chi connectivity index (χ0n) is 11.7. The number of H-pyrrole nitrogens is 1. The summed E-state index contributed by atoms with van der Waals surface area (Å²) in [6.45, 7) is 3.59. The van der Waals surface area contributed by atoms with E-state index in [1.165, 1.54) is 6.33 Å². The van der Waals surface area contributed by atoms with E-state index in [0.29, 0.717) is 22.8 Å². The molecule has 6 heteroatoms. The van der Waals surface area contributed by atoms with Crippen LogP contribution in [0.15, 0.2) is 41.1 Å². The zero-order valence-corrected chi connectivity index (χ0v) is 11.7. The Balaban J connectivity index is 1.76. The first-order chi connectivity index (χ1) is 10.1. The summed E-state index contributed by atoms with van der Waals surface area (Å²) in [6, 6.07) is 9.09. The number of aryl methyl sites for hydroxylation is 2. The molecule has 6 nitrogen and oxygen atoms in total. The Hall–Kier alpha value is -2.89. The number of hydrogen-bond donors (Lipinski definition) is 2. The van der Waals surface area contributed by atoms with E-state index >= 15 is 0 Å². The van der Waals surface area contributed by atoms with Gasteiger partial charge in [-0.3, -0.25) is 9.89 Å². The highest BCUT2D eigenvalue weighted by molar-refractivity contribution is 6.05. The van der Waals surface area contributed by atoms with Crippen molar-refractivity contribution in [2.75, 3.05) is 5.32 Å². The molecule has 0 saturated carbocycles. The molecule has 0 fully saturated rings. The van der Waals surface area contributed by atoms with Gasteiger partial charge in [-0.2, -0.15) is 5.10 Å². The second kappa shape index (κ2) is 5.24. The van der Waals surface area contributed by atoms with Crippen LogP contribution in [0.1, 0.15) is 21.9 Å². The number of rotatable bonds is 3. The molecule has 3 rings (SSSR count). The van der Waals surface area contributed by atoms with E-state index in [1.54, 1.807) is 13.0 Å². The molecule has 0 aliphatic heterocycles. The average molecular weight is 282 g/mol. The second-order valence-electron chi connectivity index (χ2n) is 4.69. The lowest BCUT2D eigenvalue weighted by atomic mass is 10.2. The highest BCUT2D eigenvalue weighted by atomic mass is 16.3. The molecule has 0 atom stereocenters. The van der Waals surface area contributed by atoms with Crippen molar-refractivity contribution in [3.63, 3.8) is 0 Å². The summed E-state index contributed by atoms with van der Waals surface area (Å²) in [6.07, 6.45) is 1.45. The fourth-order valence-electron chi connectivity index (χ4n) is 2.11. The second-order valence-corrected chi connectivity index (χ2v) is 4.69. The van der Waals surface area contributed by atoms with Crippen LogP contribution in [-0.4, -0.2) is 21.1 Å². The molecular formula is C15H14N4O2. The molecule has 2 aromatic heterocycles. The number of aromatic amines is 1. The summed E-state index contributed by atoms with van der Waals surface area (Å²) in [5.74, 6) is 1.84. The summed E-state index contributed by atoms with van der Waals surface area (Å²) in [5.41, 5.74) is 2.16. The SMILES string of the molecule is Cc1cc(C(=O)Nc2ccc(-c3ncn[nH]3)cc2)c(C)o1. The van der Waals surface area contributed by atoms with Gasteiger partial charge >= 0.3 is 0 Å². The van der Waals surface area contributed by atoms with Crippen LogP contribution in [0.4, 0.5) is 5.69 Å². The van der Waals surface area contributed by atoms with Gasteiger partial charge in [0.05, 0.1) is 5.56 Å². The van der Waals surface area contributed by atoms with E-state index in [1.807, 2.05) is 31.2 Å². The molecule has 0 spiro atoms. The predicted octanol–water partition coefficient (Wildman–Crippen LogP) is 2.93. The molecule has 106 valence electrons. The van der Waals surface area contributed by atoms with Crippen LogP contribution in [0.2, 0.25) is 0 Å². The molecule has 3 aromatic rings. The maximum Gasteiger partial charge on any atom is 0.259 e. The highest BCUT2D eigenvalue weighted by Crippen LogP contribution is 2.19. The van der Waals surface area contributed by atoms with Crippen molar-refractivity contribution in [3.05, 3.63) is 53.7 Å². The van der Waals surface area contributed by atoms with Crippen molar-refractivity contribution in [2.24, 2.45) is 0 Å². The van der Waals surface area contributed by atoms with E-state index in [9.17, 15) is 4.79 Å². The van der Waals surface area contributed by atoms with E-state index in [2.05, 4.69) is 20.5 Å². The molecule has 0 bridgehead atoms. The van der Waals surface area contributed by atoms with E-state index < -0.39 is 0 Å². The van der Waals surface area contributed by atoms with Gasteiger partial charge in [0.25, 0.3) is 5.91 Å². The maximum atomic E-state index is 12.2. The summed E-state index contributed by atoms with van der Waals surface area (Å²) in [5, 5.41) is 9.43. The van der Waals surface area contributed by atoms with Gasteiger partial charge < -0.3 is 9.73 Å². The van der Waals surface area contributed by atoms with Gasteiger partial charge in [-0.25, -0.2) is 4.98 Å². The van der Waals surface area contributed by atoms with Crippen molar-refractivity contribution in [1.29, 1.82) is 0 Å². The molecule has 0 saturated heterocycles. The first-order valence-electron chi connectivity index (χ1n) is 6.47. The van der Waals surface area contributed by atoms with Crippen molar-refractivity contribution in [2.45, 2.75) is 13.8 Å². The zero-order chi connectivity index (χ0) is 14.8. The van der Waals surface area contributed by atoms with Crippen LogP contribution < -0.4 is 5.32 Å². The Bertz CT molecular complexity index is 758. The Morgan fingerprint density at radius 3 is 2.57 bits per heavy atom. The largest absolute Gasteiger partial charge is 0.466 e. The van der Waals surface area contributed by atoms with Gasteiger partial charge in [-0.05, 0) is 44.2 Å². The number of benzene rings is 1. The molecule has 0 unspecified atom stereocenters. The molecule has 0 radical (unpaired) electrons. The minimum absolute atomic E-state index is 0.184. The molecule has 0 aliphatic rings. The molecule has 0 aliphatic carbocycles. The number of nitrogens with one attached hydrogen (secondary N) is 2. The van der Waals surface area contributed by atoms with Crippen molar-refractivity contribution >= 4 is 11.6 Å². The van der Waals surface area contributed by atoms with Crippen molar-refractivity contribution < 1.29 is 9.21 Å². The third-order valence-corrected chi connectivity index (χ3v) is 3.12. The Morgan fingerprint density at radius 2 is 2.00 bits per heavy atom. The quantitative estimate of drug-likeness (QED) is 0.773. The summed E-state index contributed by atoms with van der Waals surface area (Å²) in [7, 11) is 0. The number of anilines is 1. The number of nitrogens with zero attached hydrogens (tertiary/aromatic N) is 2. The monoisotopic (exact) mass is 282 g/mol. The van der Waals surface area contributed by atoms with E-state index in [4.69, 9.17) is 4.42 Å². The lowest BCUT2D eigenvalue weighted by molar-refractivity contribution is 0.102. The van der Waals surface area contributed by atoms with Crippen LogP contribution in [0.5, 0.6) is 0 Å². The summed E-state index contributed by atoms with van der Waals surface area (Å²) < 4.78 is 5.36. The molecule has 1 amide bonds. The van der Waals surface area contributed by atoms with Crippen molar-refractivity contribution in [3.8, 4) is 11.4 Å². The molecule has 1 aromatic carbocycles. The predicted molar refractivity (Wildman–Crippen MR) is 78.0 cm³/mol. The van der Waals surface area contributed by atoms with Crippen LogP contribution in [0.3, 0.4) is 0 Å². The van der Waals surface area contributed by atoms with Gasteiger partial charge in [0, 0.05) is 11.3 Å². The van der Waals surface area contributed by atoms with E-state index in [0.717, 1.165) is 11.3 Å². The third kappa shape index (κ3) is 2.69. The third-order valence-electron chi connectivity index (χ3n) is 3.12. The van der Waals surface area contributed by atoms with Crippen LogP contribution in [0.25, 0.3) is 11.4 Å². The minimum Gasteiger partial charge on any atom is -0.466 e. The van der Waals surface area contributed by atoms with Gasteiger partial charge in [-0.15, -0.1) is 0 Å². The van der Waals surface area contributed by atoms with Gasteiger partial charge in [0.15, 0.2) is 5.82 Å². The fraction of sp³-hybridized carbons (Fsp3) is 0.133. The first-order valence-corrected chi connectivity index (χ1v) is 6.47. The lowest BCUT2D eigenvalue weighted by Crippen LogP contribution is -2.11. The molecule has 21 heavy (non-hydrogen) atoms. The topological polar surface area (TPSA) is 83.8 Å². The Labute approximate surface area is 121 Å². The van der Waals surface area contributed by atoms with Gasteiger partial charge in [-0.1, -0.05) is 0 Å². The number of amides is 1. The summed E-state index contributed by atoms with van der Waals surface area (Å²) >= 11 is 0. The normalized spacial score (nSPS) is 10.6. The number of furan rings is 1. The summed E-state index contributed by atoms with van der Waals surface area (Å²) in [4.78, 5) is 16.2.